The van der Waals surface area contributed by atoms with Gasteiger partial charge in [0.25, 0.3) is 0 Å². The topological polar surface area (TPSA) is 21.3 Å². The summed E-state index contributed by atoms with van der Waals surface area (Å²) >= 11 is 0. The molecule has 0 aromatic carbocycles. The number of halogens is 3. The summed E-state index contributed by atoms with van der Waals surface area (Å²) in [7, 11) is 0. The van der Waals surface area contributed by atoms with Crippen LogP contribution < -0.4 is 5.32 Å². The average molecular weight is 197 g/mol. The van der Waals surface area contributed by atoms with Gasteiger partial charge in [-0.25, -0.2) is 0 Å². The summed E-state index contributed by atoms with van der Waals surface area (Å²) < 4.78 is 42.6. The Morgan fingerprint density at radius 3 is 2.54 bits per heavy atom. The van der Waals surface area contributed by atoms with Crippen LogP contribution in [0.4, 0.5) is 13.2 Å². The Kier molecular flexibility index (Phi) is 3.18. The maximum atomic E-state index is 12.6. The summed E-state index contributed by atoms with van der Waals surface area (Å²) in [5.41, 5.74) is -1.79. The molecule has 2 nitrogen and oxygen atoms in total. The lowest BCUT2D eigenvalue weighted by Crippen LogP contribution is -2.57. The molecule has 1 unspecified atom stereocenters. The third-order valence-corrected chi connectivity index (χ3v) is 2.28. The summed E-state index contributed by atoms with van der Waals surface area (Å²) in [6, 6.07) is 0. The SMILES string of the molecule is CCCNC1(C(F)(F)F)CCOC1. The van der Waals surface area contributed by atoms with Gasteiger partial charge in [0.2, 0.25) is 0 Å². The Bertz CT molecular complexity index is 163. The highest BCUT2D eigenvalue weighted by molar-refractivity contribution is 4.98. The summed E-state index contributed by atoms with van der Waals surface area (Å²) in [5.74, 6) is 0. The molecule has 0 bridgehead atoms. The Hall–Kier alpha value is -0.290. The number of alkyl halides is 3. The molecule has 1 aliphatic heterocycles. The van der Waals surface area contributed by atoms with Crippen molar-refractivity contribution in [3.63, 3.8) is 0 Å². The van der Waals surface area contributed by atoms with E-state index < -0.39 is 11.7 Å². The van der Waals surface area contributed by atoms with E-state index in [1.807, 2.05) is 6.92 Å². The summed E-state index contributed by atoms with van der Waals surface area (Å²) in [6.07, 6.45) is -3.49. The lowest BCUT2D eigenvalue weighted by atomic mass is 9.98. The van der Waals surface area contributed by atoms with Crippen molar-refractivity contribution >= 4 is 0 Å². The molecule has 78 valence electrons. The molecule has 13 heavy (non-hydrogen) atoms. The minimum Gasteiger partial charge on any atom is -0.379 e. The van der Waals surface area contributed by atoms with E-state index in [0.29, 0.717) is 13.0 Å². The van der Waals surface area contributed by atoms with E-state index in [9.17, 15) is 13.2 Å². The van der Waals surface area contributed by atoms with Gasteiger partial charge in [-0.3, -0.25) is 0 Å². The molecule has 1 saturated heterocycles. The number of rotatable bonds is 3. The van der Waals surface area contributed by atoms with Crippen molar-refractivity contribution in [2.24, 2.45) is 0 Å². The van der Waals surface area contributed by atoms with E-state index in [-0.39, 0.29) is 19.6 Å². The fourth-order valence-corrected chi connectivity index (χ4v) is 1.39. The van der Waals surface area contributed by atoms with Crippen molar-refractivity contribution in [2.75, 3.05) is 19.8 Å². The summed E-state index contributed by atoms with van der Waals surface area (Å²) in [5, 5.41) is 2.53. The molecule has 1 fully saturated rings. The van der Waals surface area contributed by atoms with Crippen molar-refractivity contribution in [2.45, 2.75) is 31.5 Å². The zero-order valence-electron chi connectivity index (χ0n) is 7.58. The van der Waals surface area contributed by atoms with E-state index >= 15 is 0 Å². The fourth-order valence-electron chi connectivity index (χ4n) is 1.39. The highest BCUT2D eigenvalue weighted by Crippen LogP contribution is 2.36. The Morgan fingerprint density at radius 1 is 1.46 bits per heavy atom. The van der Waals surface area contributed by atoms with E-state index in [1.165, 1.54) is 0 Å². The quantitative estimate of drug-likeness (QED) is 0.743. The van der Waals surface area contributed by atoms with Gasteiger partial charge in [-0.05, 0) is 13.0 Å². The fraction of sp³-hybridized carbons (Fsp3) is 1.00. The molecule has 5 heteroatoms. The van der Waals surface area contributed by atoms with Crippen molar-refractivity contribution < 1.29 is 17.9 Å². The van der Waals surface area contributed by atoms with Gasteiger partial charge in [-0.15, -0.1) is 0 Å². The predicted molar refractivity (Wildman–Crippen MR) is 42.5 cm³/mol. The smallest absolute Gasteiger partial charge is 0.379 e. The molecule has 0 aliphatic carbocycles. The summed E-state index contributed by atoms with van der Waals surface area (Å²) in [4.78, 5) is 0. The molecule has 1 atom stereocenters. The normalized spacial score (nSPS) is 29.5. The second-order valence-electron chi connectivity index (χ2n) is 3.31. The molecular formula is C8H14F3NO. The molecule has 1 aliphatic rings. The first-order chi connectivity index (χ1) is 6.02. The van der Waals surface area contributed by atoms with Gasteiger partial charge in [0.1, 0.15) is 5.54 Å². The molecule has 1 N–H and O–H groups in total. The lowest BCUT2D eigenvalue weighted by Gasteiger charge is -2.31. The van der Waals surface area contributed by atoms with Crippen LogP contribution in [-0.2, 0) is 4.74 Å². The monoisotopic (exact) mass is 197 g/mol. The molecule has 0 aromatic rings. The average Bonchev–Trinajstić information content (AvgIpc) is 2.48. The van der Waals surface area contributed by atoms with Crippen molar-refractivity contribution in [1.29, 1.82) is 0 Å². The van der Waals surface area contributed by atoms with Crippen LogP contribution in [0.1, 0.15) is 19.8 Å². The van der Waals surface area contributed by atoms with Crippen LogP contribution in [0, 0.1) is 0 Å². The molecule has 1 heterocycles. The first-order valence-electron chi connectivity index (χ1n) is 4.41. The van der Waals surface area contributed by atoms with E-state index in [2.05, 4.69) is 5.32 Å². The van der Waals surface area contributed by atoms with Gasteiger partial charge >= 0.3 is 6.18 Å². The predicted octanol–water partition coefficient (Wildman–Crippen LogP) is 1.71. The molecular weight excluding hydrogens is 183 g/mol. The second-order valence-corrected chi connectivity index (χ2v) is 3.31. The van der Waals surface area contributed by atoms with Gasteiger partial charge in [0, 0.05) is 13.0 Å². The van der Waals surface area contributed by atoms with Crippen LogP contribution in [-0.4, -0.2) is 31.5 Å². The highest BCUT2D eigenvalue weighted by atomic mass is 19.4. The number of hydrogen-bond donors (Lipinski definition) is 1. The Morgan fingerprint density at radius 2 is 2.15 bits per heavy atom. The van der Waals surface area contributed by atoms with E-state index in [1.54, 1.807) is 0 Å². The van der Waals surface area contributed by atoms with Crippen molar-refractivity contribution in [3.8, 4) is 0 Å². The minimum absolute atomic E-state index is 0.0243. The number of ether oxygens (including phenoxy) is 1. The number of nitrogens with one attached hydrogen (secondary N) is 1. The van der Waals surface area contributed by atoms with Crippen molar-refractivity contribution in [3.05, 3.63) is 0 Å². The Balaban J connectivity index is 2.64. The van der Waals surface area contributed by atoms with Crippen LogP contribution in [0.3, 0.4) is 0 Å². The first-order valence-corrected chi connectivity index (χ1v) is 4.41. The van der Waals surface area contributed by atoms with Crippen LogP contribution in [0.25, 0.3) is 0 Å². The minimum atomic E-state index is -4.21. The lowest BCUT2D eigenvalue weighted by molar-refractivity contribution is -0.195. The van der Waals surface area contributed by atoms with Crippen LogP contribution >= 0.6 is 0 Å². The molecule has 0 saturated carbocycles. The zero-order valence-corrected chi connectivity index (χ0v) is 7.58. The molecule has 0 spiro atoms. The third-order valence-electron chi connectivity index (χ3n) is 2.28. The maximum absolute atomic E-state index is 12.6. The maximum Gasteiger partial charge on any atom is 0.408 e. The molecule has 0 amide bonds. The largest absolute Gasteiger partial charge is 0.408 e. The standard InChI is InChI=1S/C8H14F3NO/c1-2-4-12-7(8(9,10)11)3-5-13-6-7/h12H,2-6H2,1H3. The second kappa shape index (κ2) is 3.84. The van der Waals surface area contributed by atoms with Crippen molar-refractivity contribution in [1.82, 2.24) is 5.32 Å². The van der Waals surface area contributed by atoms with Gasteiger partial charge in [0.05, 0.1) is 6.61 Å². The number of hydrogen-bond acceptors (Lipinski definition) is 2. The third kappa shape index (κ3) is 2.14. The van der Waals surface area contributed by atoms with Crippen LogP contribution in [0.2, 0.25) is 0 Å². The van der Waals surface area contributed by atoms with E-state index in [4.69, 9.17) is 4.74 Å². The van der Waals surface area contributed by atoms with Gasteiger partial charge in [-0.1, -0.05) is 6.92 Å². The first kappa shape index (κ1) is 10.8. The van der Waals surface area contributed by atoms with Gasteiger partial charge < -0.3 is 10.1 Å². The van der Waals surface area contributed by atoms with Crippen LogP contribution in [0.5, 0.6) is 0 Å². The van der Waals surface area contributed by atoms with E-state index in [0.717, 1.165) is 0 Å². The molecule has 1 rings (SSSR count). The molecule has 0 aromatic heterocycles. The Labute approximate surface area is 75.4 Å². The zero-order chi connectivity index (χ0) is 9.95. The van der Waals surface area contributed by atoms with Crippen LogP contribution in [0.15, 0.2) is 0 Å². The molecule has 0 radical (unpaired) electrons. The van der Waals surface area contributed by atoms with Gasteiger partial charge in [0.15, 0.2) is 0 Å². The van der Waals surface area contributed by atoms with Gasteiger partial charge in [-0.2, -0.15) is 13.2 Å². The highest BCUT2D eigenvalue weighted by Gasteiger charge is 2.56. The summed E-state index contributed by atoms with van der Waals surface area (Å²) in [6.45, 7) is 2.16.